The van der Waals surface area contributed by atoms with Gasteiger partial charge in [0, 0.05) is 55.8 Å². The third-order valence-electron chi connectivity index (χ3n) is 7.68. The number of likely N-dealkylation sites (tertiary alicyclic amines) is 1. The molecule has 2 fully saturated rings. The molecule has 2 N–H and O–H groups in total. The van der Waals surface area contributed by atoms with Crippen LogP contribution in [0.4, 0.5) is 0 Å². The number of rotatable bonds is 12. The van der Waals surface area contributed by atoms with Crippen molar-refractivity contribution in [3.05, 3.63) is 65.0 Å². The van der Waals surface area contributed by atoms with Crippen molar-refractivity contribution in [2.75, 3.05) is 13.1 Å². The second-order valence-corrected chi connectivity index (χ2v) is 10.4. The first-order chi connectivity index (χ1) is 18.5. The van der Waals surface area contributed by atoms with Gasteiger partial charge in [-0.05, 0) is 67.9 Å². The molecule has 2 aliphatic heterocycles. The molecule has 2 aromatic rings. The van der Waals surface area contributed by atoms with Crippen molar-refractivity contribution in [2.45, 2.75) is 82.7 Å². The quantitative estimate of drug-likeness (QED) is 0.252. The van der Waals surface area contributed by atoms with E-state index >= 15 is 0 Å². The van der Waals surface area contributed by atoms with Gasteiger partial charge in [-0.1, -0.05) is 31.0 Å². The van der Waals surface area contributed by atoms with Crippen LogP contribution in [0.3, 0.4) is 0 Å². The molecule has 4 rings (SSSR count). The van der Waals surface area contributed by atoms with E-state index in [-0.39, 0.29) is 17.7 Å². The van der Waals surface area contributed by atoms with Gasteiger partial charge in [-0.15, -0.1) is 0 Å². The van der Waals surface area contributed by atoms with Gasteiger partial charge in [-0.3, -0.25) is 29.5 Å². The van der Waals surface area contributed by atoms with Gasteiger partial charge in [-0.25, -0.2) is 0 Å². The fourth-order valence-electron chi connectivity index (χ4n) is 5.35. The Morgan fingerprint density at radius 2 is 1.87 bits per heavy atom. The highest BCUT2D eigenvalue weighted by Gasteiger charge is 2.26. The van der Waals surface area contributed by atoms with Crippen LogP contribution in [0.5, 0.6) is 0 Å². The van der Waals surface area contributed by atoms with E-state index in [0.29, 0.717) is 37.3 Å². The van der Waals surface area contributed by atoms with E-state index in [1.807, 2.05) is 41.4 Å². The number of nitrogens with zero attached hydrogens (tertiary/aromatic N) is 2. The number of carbonyl (C=O) groups excluding carboxylic acids is 4. The maximum absolute atomic E-state index is 12.6. The second-order valence-electron chi connectivity index (χ2n) is 10.4. The van der Waals surface area contributed by atoms with Crippen LogP contribution in [0.2, 0.25) is 0 Å². The van der Waals surface area contributed by atoms with Crippen LogP contribution < -0.4 is 10.6 Å². The van der Waals surface area contributed by atoms with Gasteiger partial charge in [0.05, 0.1) is 6.04 Å². The Morgan fingerprint density at radius 3 is 2.61 bits per heavy atom. The van der Waals surface area contributed by atoms with Crippen LogP contribution in [0.1, 0.15) is 90.9 Å². The largest absolute Gasteiger partial charge is 0.343 e. The normalized spacial score (nSPS) is 18.3. The molecule has 0 saturated carbocycles. The van der Waals surface area contributed by atoms with Crippen LogP contribution in [0.15, 0.2) is 42.6 Å². The lowest BCUT2D eigenvalue weighted by Crippen LogP contribution is -2.50. The fourth-order valence-corrected chi connectivity index (χ4v) is 5.35. The van der Waals surface area contributed by atoms with Crippen LogP contribution in [-0.4, -0.2) is 53.0 Å². The number of imide groups is 1. The third-order valence-corrected chi connectivity index (χ3v) is 7.68. The lowest BCUT2D eigenvalue weighted by atomic mass is 9.93. The molecule has 1 aromatic carbocycles. The number of pyridine rings is 1. The van der Waals surface area contributed by atoms with E-state index in [1.165, 1.54) is 0 Å². The van der Waals surface area contributed by atoms with Crippen molar-refractivity contribution in [1.82, 2.24) is 20.5 Å². The van der Waals surface area contributed by atoms with Gasteiger partial charge in [-0.2, -0.15) is 0 Å². The van der Waals surface area contributed by atoms with Gasteiger partial charge in [0.2, 0.25) is 17.7 Å². The Hall–Kier alpha value is -3.39. The monoisotopic (exact) mass is 518 g/mol. The summed E-state index contributed by atoms with van der Waals surface area (Å²) in [6.45, 7) is 2.03. The van der Waals surface area contributed by atoms with Crippen LogP contribution >= 0.6 is 0 Å². The molecule has 2 aliphatic rings. The minimum atomic E-state index is -0.419. The van der Waals surface area contributed by atoms with Crippen molar-refractivity contribution in [2.24, 2.45) is 0 Å². The zero-order valence-electron chi connectivity index (χ0n) is 22.0. The summed E-state index contributed by atoms with van der Waals surface area (Å²) in [6.07, 6.45) is 10.9. The molecule has 8 nitrogen and oxygen atoms in total. The number of hydrogen-bond acceptors (Lipinski definition) is 6. The average molecular weight is 519 g/mol. The molecule has 202 valence electrons. The van der Waals surface area contributed by atoms with Crippen molar-refractivity contribution in [3.8, 4) is 0 Å². The van der Waals surface area contributed by atoms with E-state index in [1.54, 1.807) is 0 Å². The Labute approximate surface area is 224 Å². The summed E-state index contributed by atoms with van der Waals surface area (Å²) >= 11 is 0. The summed E-state index contributed by atoms with van der Waals surface area (Å²) in [7, 11) is 0. The van der Waals surface area contributed by atoms with Crippen molar-refractivity contribution in [3.63, 3.8) is 0 Å². The van der Waals surface area contributed by atoms with Gasteiger partial charge in [0.15, 0.2) is 0 Å². The van der Waals surface area contributed by atoms with Gasteiger partial charge in [0.25, 0.3) is 0 Å². The molecular weight excluding hydrogens is 480 g/mol. The second kappa shape index (κ2) is 14.0. The maximum atomic E-state index is 12.6. The number of carbonyl (C=O) groups is 4. The smallest absolute Gasteiger partial charge is 0.243 e. The molecule has 0 spiro atoms. The minimum Gasteiger partial charge on any atom is -0.343 e. The lowest BCUT2D eigenvalue weighted by molar-refractivity contribution is -0.135. The van der Waals surface area contributed by atoms with Crippen LogP contribution in [0, 0.1) is 0 Å². The molecule has 2 saturated heterocycles. The minimum absolute atomic E-state index is 0.241. The SMILES string of the molecule is O=Cc1cc(CCCCCCC(=O)N2CCC(c3ccccn3)CC2)ccc1CNC1CCC(=O)NC1=O. The predicted molar refractivity (Wildman–Crippen MR) is 144 cm³/mol. The summed E-state index contributed by atoms with van der Waals surface area (Å²) < 4.78 is 0. The highest BCUT2D eigenvalue weighted by atomic mass is 16.2. The van der Waals surface area contributed by atoms with Gasteiger partial charge < -0.3 is 10.2 Å². The van der Waals surface area contributed by atoms with Crippen LogP contribution in [-0.2, 0) is 27.3 Å². The molecule has 1 unspecified atom stereocenters. The molecule has 38 heavy (non-hydrogen) atoms. The van der Waals surface area contributed by atoms with E-state index in [0.717, 1.165) is 81.1 Å². The highest BCUT2D eigenvalue weighted by molar-refractivity contribution is 6.00. The molecule has 3 amide bonds. The topological polar surface area (TPSA) is 108 Å². The first-order valence-electron chi connectivity index (χ1n) is 13.9. The molecule has 0 radical (unpaired) electrons. The van der Waals surface area contributed by atoms with E-state index in [4.69, 9.17) is 0 Å². The van der Waals surface area contributed by atoms with E-state index in [9.17, 15) is 19.2 Å². The molecule has 0 aliphatic carbocycles. The zero-order chi connectivity index (χ0) is 26.7. The number of aldehydes is 1. The lowest BCUT2D eigenvalue weighted by Gasteiger charge is -2.31. The number of piperidine rings is 2. The summed E-state index contributed by atoms with van der Waals surface area (Å²) in [5.74, 6) is 0.171. The number of aryl methyl sites for hydroxylation is 1. The van der Waals surface area contributed by atoms with Gasteiger partial charge in [0.1, 0.15) is 6.29 Å². The van der Waals surface area contributed by atoms with Gasteiger partial charge >= 0.3 is 0 Å². The number of benzene rings is 1. The number of nitrogens with one attached hydrogen (secondary N) is 2. The number of amides is 3. The third kappa shape index (κ3) is 7.81. The number of hydrogen-bond donors (Lipinski definition) is 2. The standard InChI is InChI=1S/C30H38N4O4/c35-21-25-19-22(10-11-24(25)20-32-27-12-13-28(36)33-30(27)38)7-3-1-2-4-9-29(37)34-17-14-23(15-18-34)26-8-5-6-16-31-26/h5-6,8,10-11,16,19,21,23,27,32H,1-4,7,9,12-15,17-18,20H2,(H,33,36,38). The predicted octanol–water partition coefficient (Wildman–Crippen LogP) is 3.69. The molecule has 0 bridgehead atoms. The highest BCUT2D eigenvalue weighted by Crippen LogP contribution is 2.27. The molecule has 8 heteroatoms. The Balaban J connectivity index is 1.11. The summed E-state index contributed by atoms with van der Waals surface area (Å²) in [5, 5.41) is 5.49. The van der Waals surface area contributed by atoms with Crippen LogP contribution in [0.25, 0.3) is 0 Å². The fraction of sp³-hybridized carbons (Fsp3) is 0.500. The maximum Gasteiger partial charge on any atom is 0.243 e. The van der Waals surface area contributed by atoms with E-state index < -0.39 is 6.04 Å². The first-order valence-corrected chi connectivity index (χ1v) is 13.9. The summed E-state index contributed by atoms with van der Waals surface area (Å²) in [6, 6.07) is 11.5. The molecule has 1 atom stereocenters. The van der Waals surface area contributed by atoms with Crippen molar-refractivity contribution >= 4 is 24.0 Å². The summed E-state index contributed by atoms with van der Waals surface area (Å²) in [5.41, 5.74) is 3.72. The Kier molecular flexibility index (Phi) is 10.1. The molecular formula is C30H38N4O4. The van der Waals surface area contributed by atoms with E-state index in [2.05, 4.69) is 21.7 Å². The number of unbranched alkanes of at least 4 members (excludes halogenated alkanes) is 3. The van der Waals surface area contributed by atoms with Crippen molar-refractivity contribution in [1.29, 1.82) is 0 Å². The summed E-state index contributed by atoms with van der Waals surface area (Å²) in [4.78, 5) is 54.0. The average Bonchev–Trinajstić information content (AvgIpc) is 2.95. The first kappa shape index (κ1) is 27.6. The molecule has 1 aromatic heterocycles. The zero-order valence-corrected chi connectivity index (χ0v) is 22.0. The number of aromatic nitrogens is 1. The molecule has 3 heterocycles. The Bertz CT molecular complexity index is 1110. The Morgan fingerprint density at radius 1 is 1.05 bits per heavy atom. The van der Waals surface area contributed by atoms with Crippen molar-refractivity contribution < 1.29 is 19.2 Å².